The Hall–Kier alpha value is -2.07. The number of aromatic nitrogens is 1. The molecule has 1 N–H and O–H groups in total. The summed E-state index contributed by atoms with van der Waals surface area (Å²) in [4.78, 5) is 6.60. The van der Waals surface area contributed by atoms with Crippen LogP contribution in [-0.2, 0) is 0 Å². The smallest absolute Gasteiger partial charge is 0.121 e. The minimum atomic E-state index is 0.508. The molecule has 0 aliphatic heterocycles. The fourth-order valence-corrected chi connectivity index (χ4v) is 2.15. The lowest BCUT2D eigenvalue weighted by Crippen LogP contribution is -2.16. The third-order valence-corrected chi connectivity index (χ3v) is 3.18. The van der Waals surface area contributed by atoms with Crippen LogP contribution in [0.5, 0.6) is 5.75 Å². The molecule has 1 aromatic heterocycles. The molecule has 0 aliphatic carbocycles. The maximum Gasteiger partial charge on any atom is 0.121 e. The molecule has 0 aliphatic rings. The van der Waals surface area contributed by atoms with Crippen molar-refractivity contribution in [3.05, 3.63) is 43.1 Å². The molecule has 21 heavy (non-hydrogen) atoms. The van der Waals surface area contributed by atoms with Gasteiger partial charge in [-0.25, -0.2) is 0 Å². The second-order valence-electron chi connectivity index (χ2n) is 5.22. The summed E-state index contributed by atoms with van der Waals surface area (Å²) in [5.74, 6) is 0.819. The SMILES string of the molecule is C=CCOc1ccc2c(NCCCN(C)C)ccnc2c1. The normalized spacial score (nSPS) is 10.8. The van der Waals surface area contributed by atoms with Crippen LogP contribution in [0.15, 0.2) is 43.1 Å². The highest BCUT2D eigenvalue weighted by atomic mass is 16.5. The number of anilines is 1. The second kappa shape index (κ2) is 7.64. The molecule has 0 radical (unpaired) electrons. The van der Waals surface area contributed by atoms with Crippen molar-refractivity contribution in [1.29, 1.82) is 0 Å². The Morgan fingerprint density at radius 3 is 2.95 bits per heavy atom. The predicted octanol–water partition coefficient (Wildman–Crippen LogP) is 3.16. The van der Waals surface area contributed by atoms with E-state index in [1.54, 1.807) is 6.08 Å². The first-order valence-electron chi connectivity index (χ1n) is 7.22. The maximum absolute atomic E-state index is 5.54. The van der Waals surface area contributed by atoms with E-state index in [9.17, 15) is 0 Å². The molecule has 0 saturated heterocycles. The molecule has 0 fully saturated rings. The van der Waals surface area contributed by atoms with Crippen LogP contribution >= 0.6 is 0 Å². The minimum absolute atomic E-state index is 0.508. The molecule has 4 nitrogen and oxygen atoms in total. The van der Waals surface area contributed by atoms with E-state index >= 15 is 0 Å². The first-order chi connectivity index (χ1) is 10.2. The third kappa shape index (κ3) is 4.46. The number of nitrogens with zero attached hydrogens (tertiary/aromatic N) is 2. The minimum Gasteiger partial charge on any atom is -0.489 e. The fourth-order valence-electron chi connectivity index (χ4n) is 2.15. The van der Waals surface area contributed by atoms with Gasteiger partial charge >= 0.3 is 0 Å². The zero-order chi connectivity index (χ0) is 15.1. The van der Waals surface area contributed by atoms with Gasteiger partial charge in [0, 0.05) is 29.9 Å². The van der Waals surface area contributed by atoms with E-state index in [-0.39, 0.29) is 0 Å². The van der Waals surface area contributed by atoms with Crippen LogP contribution in [0.3, 0.4) is 0 Å². The summed E-state index contributed by atoms with van der Waals surface area (Å²) in [5.41, 5.74) is 2.06. The highest BCUT2D eigenvalue weighted by Gasteiger charge is 2.03. The van der Waals surface area contributed by atoms with Crippen molar-refractivity contribution in [2.75, 3.05) is 39.1 Å². The number of hydrogen-bond donors (Lipinski definition) is 1. The quantitative estimate of drug-likeness (QED) is 0.597. The van der Waals surface area contributed by atoms with E-state index in [1.165, 1.54) is 0 Å². The Morgan fingerprint density at radius 2 is 2.19 bits per heavy atom. The van der Waals surface area contributed by atoms with Crippen molar-refractivity contribution >= 4 is 16.6 Å². The topological polar surface area (TPSA) is 37.4 Å². The van der Waals surface area contributed by atoms with Crippen LogP contribution in [0.25, 0.3) is 10.9 Å². The summed E-state index contributed by atoms with van der Waals surface area (Å²) in [6.45, 7) is 6.19. The van der Waals surface area contributed by atoms with E-state index in [0.717, 1.165) is 41.9 Å². The number of hydrogen-bond acceptors (Lipinski definition) is 4. The Morgan fingerprint density at radius 1 is 1.33 bits per heavy atom. The number of fused-ring (bicyclic) bond motifs is 1. The number of ether oxygens (including phenoxy) is 1. The molecular formula is C17H23N3O. The van der Waals surface area contributed by atoms with E-state index < -0.39 is 0 Å². The van der Waals surface area contributed by atoms with E-state index in [0.29, 0.717) is 6.61 Å². The summed E-state index contributed by atoms with van der Waals surface area (Å²) >= 11 is 0. The molecule has 0 atom stereocenters. The molecular weight excluding hydrogens is 262 g/mol. The summed E-state index contributed by atoms with van der Waals surface area (Å²) in [5, 5.41) is 4.60. The van der Waals surface area contributed by atoms with E-state index in [2.05, 4.69) is 41.9 Å². The Kier molecular flexibility index (Phi) is 5.58. The standard InChI is InChI=1S/C17H23N3O/c1-4-12-21-14-6-7-15-16(8-10-19-17(15)13-14)18-9-5-11-20(2)3/h4,6-8,10,13H,1,5,9,11-12H2,2-3H3,(H,18,19). The van der Waals surface area contributed by atoms with Crippen molar-refractivity contribution in [1.82, 2.24) is 9.88 Å². The van der Waals surface area contributed by atoms with Crippen molar-refractivity contribution in [2.45, 2.75) is 6.42 Å². The maximum atomic E-state index is 5.54. The summed E-state index contributed by atoms with van der Waals surface area (Å²) in [6.07, 6.45) is 4.67. The van der Waals surface area contributed by atoms with Gasteiger partial charge < -0.3 is 15.0 Å². The van der Waals surface area contributed by atoms with Gasteiger partial charge in [-0.3, -0.25) is 4.98 Å². The zero-order valence-corrected chi connectivity index (χ0v) is 12.8. The predicted molar refractivity (Wildman–Crippen MR) is 89.1 cm³/mol. The van der Waals surface area contributed by atoms with Crippen LogP contribution in [0, 0.1) is 0 Å². The van der Waals surface area contributed by atoms with Gasteiger partial charge in [-0.1, -0.05) is 12.7 Å². The summed E-state index contributed by atoms with van der Waals surface area (Å²) in [7, 11) is 4.18. The van der Waals surface area contributed by atoms with Crippen LogP contribution in [-0.4, -0.2) is 43.7 Å². The lowest BCUT2D eigenvalue weighted by atomic mass is 10.1. The number of rotatable bonds is 8. The Bertz CT molecular complexity index is 596. The van der Waals surface area contributed by atoms with Crippen LogP contribution < -0.4 is 10.1 Å². The van der Waals surface area contributed by atoms with Crippen LogP contribution in [0.2, 0.25) is 0 Å². The average Bonchev–Trinajstić information content (AvgIpc) is 2.49. The average molecular weight is 285 g/mol. The van der Waals surface area contributed by atoms with Crippen molar-refractivity contribution < 1.29 is 4.74 Å². The Balaban J connectivity index is 2.08. The van der Waals surface area contributed by atoms with E-state index in [1.807, 2.05) is 24.4 Å². The monoisotopic (exact) mass is 285 g/mol. The first-order valence-corrected chi connectivity index (χ1v) is 7.22. The molecule has 2 rings (SSSR count). The lowest BCUT2D eigenvalue weighted by molar-refractivity contribution is 0.363. The van der Waals surface area contributed by atoms with Crippen molar-refractivity contribution in [3.63, 3.8) is 0 Å². The van der Waals surface area contributed by atoms with Gasteiger partial charge in [-0.15, -0.1) is 0 Å². The van der Waals surface area contributed by atoms with Gasteiger partial charge in [-0.05, 0) is 45.3 Å². The van der Waals surface area contributed by atoms with Gasteiger partial charge in [0.25, 0.3) is 0 Å². The molecule has 0 unspecified atom stereocenters. The fraction of sp³-hybridized carbons (Fsp3) is 0.353. The number of pyridine rings is 1. The third-order valence-electron chi connectivity index (χ3n) is 3.18. The van der Waals surface area contributed by atoms with E-state index in [4.69, 9.17) is 4.74 Å². The van der Waals surface area contributed by atoms with Crippen molar-refractivity contribution in [2.24, 2.45) is 0 Å². The molecule has 0 amide bonds. The highest BCUT2D eigenvalue weighted by molar-refractivity contribution is 5.91. The summed E-state index contributed by atoms with van der Waals surface area (Å²) in [6, 6.07) is 8.00. The molecule has 4 heteroatoms. The van der Waals surface area contributed by atoms with Gasteiger partial charge in [0.2, 0.25) is 0 Å². The largest absolute Gasteiger partial charge is 0.489 e. The number of nitrogens with one attached hydrogen (secondary N) is 1. The molecule has 1 aromatic carbocycles. The highest BCUT2D eigenvalue weighted by Crippen LogP contribution is 2.25. The van der Waals surface area contributed by atoms with Crippen LogP contribution in [0.4, 0.5) is 5.69 Å². The molecule has 0 spiro atoms. The first kappa shape index (κ1) is 15.3. The lowest BCUT2D eigenvalue weighted by Gasteiger charge is -2.12. The van der Waals surface area contributed by atoms with Gasteiger partial charge in [0.15, 0.2) is 0 Å². The van der Waals surface area contributed by atoms with Crippen LogP contribution in [0.1, 0.15) is 6.42 Å². The molecule has 0 bridgehead atoms. The van der Waals surface area contributed by atoms with Crippen molar-refractivity contribution in [3.8, 4) is 5.75 Å². The molecule has 1 heterocycles. The molecule has 0 saturated carbocycles. The second-order valence-corrected chi connectivity index (χ2v) is 5.22. The zero-order valence-electron chi connectivity index (χ0n) is 12.8. The summed E-state index contributed by atoms with van der Waals surface area (Å²) < 4.78 is 5.54. The Labute approximate surface area is 126 Å². The van der Waals surface area contributed by atoms with Gasteiger partial charge in [0.1, 0.15) is 12.4 Å². The molecule has 112 valence electrons. The number of benzene rings is 1. The molecule has 2 aromatic rings. The van der Waals surface area contributed by atoms with Gasteiger partial charge in [0.05, 0.1) is 5.52 Å². The van der Waals surface area contributed by atoms with Gasteiger partial charge in [-0.2, -0.15) is 0 Å².